The summed E-state index contributed by atoms with van der Waals surface area (Å²) in [5.74, 6) is 1.43. The molecule has 0 saturated carbocycles. The van der Waals surface area contributed by atoms with E-state index >= 15 is 0 Å². The molecule has 0 saturated heterocycles. The molecule has 0 fully saturated rings. The lowest BCUT2D eigenvalue weighted by Gasteiger charge is -2.14. The number of nitrogens with one attached hydrogen (secondary N) is 2. The van der Waals surface area contributed by atoms with Crippen LogP contribution in [0.3, 0.4) is 0 Å². The molecule has 7 nitrogen and oxygen atoms in total. The van der Waals surface area contributed by atoms with Crippen LogP contribution in [0.4, 0.5) is 0 Å². The number of aromatic amines is 1. The molecule has 0 aliphatic rings. The van der Waals surface area contributed by atoms with Crippen molar-refractivity contribution in [1.29, 1.82) is 0 Å². The van der Waals surface area contributed by atoms with Gasteiger partial charge in [-0.15, -0.1) is 0 Å². The van der Waals surface area contributed by atoms with Crippen molar-refractivity contribution in [2.24, 2.45) is 7.05 Å². The van der Waals surface area contributed by atoms with E-state index in [0.717, 1.165) is 17.9 Å². The van der Waals surface area contributed by atoms with E-state index in [2.05, 4.69) is 25.4 Å². The van der Waals surface area contributed by atoms with Gasteiger partial charge in [-0.25, -0.2) is 9.97 Å². The Morgan fingerprint density at radius 1 is 1.45 bits per heavy atom. The first-order valence-electron chi connectivity index (χ1n) is 6.62. The molecule has 0 aliphatic carbocycles. The summed E-state index contributed by atoms with van der Waals surface area (Å²) in [7, 11) is 1.84. The lowest BCUT2D eigenvalue weighted by molar-refractivity contribution is 0.558. The smallest absolute Gasteiger partial charge is 0.255 e. The van der Waals surface area contributed by atoms with Gasteiger partial charge in [-0.05, 0) is 20.8 Å². The molecule has 2 N–H and O–H groups in total. The topological polar surface area (TPSA) is 88.5 Å². The van der Waals surface area contributed by atoms with Gasteiger partial charge in [-0.3, -0.25) is 9.48 Å². The summed E-state index contributed by atoms with van der Waals surface area (Å²) >= 11 is 0. The van der Waals surface area contributed by atoms with Gasteiger partial charge >= 0.3 is 0 Å². The van der Waals surface area contributed by atoms with Gasteiger partial charge in [0.05, 0.1) is 5.56 Å². The summed E-state index contributed by atoms with van der Waals surface area (Å²) in [6.07, 6.45) is 2.40. The predicted octanol–water partition coefficient (Wildman–Crippen LogP) is 0.409. The first-order valence-corrected chi connectivity index (χ1v) is 6.62. The van der Waals surface area contributed by atoms with E-state index in [1.54, 1.807) is 17.9 Å². The van der Waals surface area contributed by atoms with E-state index in [9.17, 15) is 4.79 Å². The molecule has 2 aromatic rings. The number of aromatic nitrogens is 5. The Balaban J connectivity index is 1.98. The van der Waals surface area contributed by atoms with Crippen molar-refractivity contribution >= 4 is 0 Å². The second kappa shape index (κ2) is 5.96. The van der Waals surface area contributed by atoms with Gasteiger partial charge < -0.3 is 10.3 Å². The summed E-state index contributed by atoms with van der Waals surface area (Å²) in [5, 5.41) is 7.52. The Morgan fingerprint density at radius 3 is 2.80 bits per heavy atom. The molecule has 2 rings (SSSR count). The molecule has 0 aliphatic heterocycles. The van der Waals surface area contributed by atoms with E-state index in [4.69, 9.17) is 0 Å². The van der Waals surface area contributed by atoms with Gasteiger partial charge in [0, 0.05) is 31.7 Å². The molecule has 0 amide bonds. The van der Waals surface area contributed by atoms with Gasteiger partial charge in [-0.2, -0.15) is 5.10 Å². The zero-order valence-corrected chi connectivity index (χ0v) is 12.3. The number of H-pyrrole nitrogens is 1. The summed E-state index contributed by atoms with van der Waals surface area (Å²) in [6, 6.07) is -0.0597. The second-order valence-electron chi connectivity index (χ2n) is 4.91. The average molecular weight is 276 g/mol. The first-order chi connectivity index (χ1) is 9.47. The van der Waals surface area contributed by atoms with Crippen molar-refractivity contribution in [3.8, 4) is 0 Å². The number of hydrogen-bond donors (Lipinski definition) is 2. The molecule has 7 heteroatoms. The van der Waals surface area contributed by atoms with Crippen LogP contribution >= 0.6 is 0 Å². The highest BCUT2D eigenvalue weighted by Gasteiger charge is 2.14. The lowest BCUT2D eigenvalue weighted by Crippen LogP contribution is -2.29. The molecule has 2 heterocycles. The largest absolute Gasteiger partial charge is 0.310 e. The number of aryl methyl sites for hydroxylation is 3. The third kappa shape index (κ3) is 3.30. The average Bonchev–Trinajstić information content (AvgIpc) is 2.73. The van der Waals surface area contributed by atoms with Crippen LogP contribution in [0.1, 0.15) is 35.9 Å². The van der Waals surface area contributed by atoms with E-state index in [1.165, 1.54) is 0 Å². The summed E-state index contributed by atoms with van der Waals surface area (Å²) < 4.78 is 1.68. The highest BCUT2D eigenvalue weighted by molar-refractivity contribution is 5.19. The number of rotatable bonds is 5. The quantitative estimate of drug-likeness (QED) is 0.825. The maximum absolute atomic E-state index is 12.0. The van der Waals surface area contributed by atoms with Crippen LogP contribution in [0.5, 0.6) is 0 Å². The number of nitrogens with zero attached hydrogens (tertiary/aromatic N) is 4. The molecule has 2 aromatic heterocycles. The Hall–Kier alpha value is -2.02. The third-order valence-corrected chi connectivity index (χ3v) is 3.14. The first kappa shape index (κ1) is 14.4. The van der Waals surface area contributed by atoms with Crippen LogP contribution in [0, 0.1) is 13.8 Å². The Morgan fingerprint density at radius 2 is 2.20 bits per heavy atom. The molecule has 0 spiro atoms. The molecular formula is C13H20N6O. The maximum Gasteiger partial charge on any atom is 0.255 e. The van der Waals surface area contributed by atoms with Crippen molar-refractivity contribution in [3.63, 3.8) is 0 Å². The predicted molar refractivity (Wildman–Crippen MR) is 75.5 cm³/mol. The van der Waals surface area contributed by atoms with Crippen LogP contribution in [0.2, 0.25) is 0 Å². The number of hydrogen-bond acceptors (Lipinski definition) is 5. The minimum atomic E-state index is -0.0778. The SMILES string of the molecule is Cc1nc(C)c(C(C)NCCc2ncn(C)n2)c(=O)[nH]1. The lowest BCUT2D eigenvalue weighted by atomic mass is 10.1. The van der Waals surface area contributed by atoms with Gasteiger partial charge in [0.25, 0.3) is 5.56 Å². The Labute approximate surface area is 117 Å². The summed E-state index contributed by atoms with van der Waals surface area (Å²) in [6.45, 7) is 6.30. The van der Waals surface area contributed by atoms with Crippen molar-refractivity contribution in [3.05, 3.63) is 39.6 Å². The van der Waals surface area contributed by atoms with Crippen LogP contribution in [0.25, 0.3) is 0 Å². The maximum atomic E-state index is 12.0. The zero-order valence-electron chi connectivity index (χ0n) is 12.3. The van der Waals surface area contributed by atoms with Crippen molar-refractivity contribution in [1.82, 2.24) is 30.0 Å². The van der Waals surface area contributed by atoms with Gasteiger partial charge in [0.1, 0.15) is 12.2 Å². The van der Waals surface area contributed by atoms with Crippen LogP contribution in [0.15, 0.2) is 11.1 Å². The van der Waals surface area contributed by atoms with Crippen LogP contribution in [-0.2, 0) is 13.5 Å². The van der Waals surface area contributed by atoms with Crippen molar-refractivity contribution in [2.75, 3.05) is 6.54 Å². The fraction of sp³-hybridized carbons (Fsp3) is 0.538. The molecule has 108 valence electrons. The van der Waals surface area contributed by atoms with Crippen LogP contribution in [-0.4, -0.2) is 31.3 Å². The van der Waals surface area contributed by atoms with Gasteiger partial charge in [0.2, 0.25) is 0 Å². The summed E-state index contributed by atoms with van der Waals surface area (Å²) in [5.41, 5.74) is 1.37. The standard InChI is InChI=1S/C13H20N6O/c1-8(12-9(2)16-10(3)17-13(12)20)14-6-5-11-15-7-19(4)18-11/h7-8,14H,5-6H2,1-4H3,(H,16,17,20). The van der Waals surface area contributed by atoms with Gasteiger partial charge in [0.15, 0.2) is 5.82 Å². The monoisotopic (exact) mass is 276 g/mol. The Bertz CT molecular complexity index is 645. The summed E-state index contributed by atoms with van der Waals surface area (Å²) in [4.78, 5) is 23.2. The molecular weight excluding hydrogens is 256 g/mol. The molecule has 0 aromatic carbocycles. The minimum Gasteiger partial charge on any atom is -0.310 e. The second-order valence-corrected chi connectivity index (χ2v) is 4.91. The van der Waals surface area contributed by atoms with Crippen molar-refractivity contribution < 1.29 is 0 Å². The fourth-order valence-corrected chi connectivity index (χ4v) is 2.25. The highest BCUT2D eigenvalue weighted by atomic mass is 16.1. The van der Waals surface area contributed by atoms with E-state index < -0.39 is 0 Å². The molecule has 0 bridgehead atoms. The van der Waals surface area contributed by atoms with E-state index in [1.807, 2.05) is 20.9 Å². The molecule has 1 unspecified atom stereocenters. The van der Waals surface area contributed by atoms with E-state index in [0.29, 0.717) is 17.9 Å². The molecule has 0 radical (unpaired) electrons. The normalized spacial score (nSPS) is 12.6. The molecule has 20 heavy (non-hydrogen) atoms. The zero-order chi connectivity index (χ0) is 14.7. The van der Waals surface area contributed by atoms with Gasteiger partial charge in [-0.1, -0.05) is 0 Å². The fourth-order valence-electron chi connectivity index (χ4n) is 2.25. The Kier molecular flexibility index (Phi) is 4.29. The van der Waals surface area contributed by atoms with E-state index in [-0.39, 0.29) is 11.6 Å². The third-order valence-electron chi connectivity index (χ3n) is 3.14. The van der Waals surface area contributed by atoms with Crippen LogP contribution < -0.4 is 10.9 Å². The minimum absolute atomic E-state index is 0.0597. The van der Waals surface area contributed by atoms with Crippen molar-refractivity contribution in [2.45, 2.75) is 33.2 Å². The molecule has 1 atom stereocenters. The highest BCUT2D eigenvalue weighted by Crippen LogP contribution is 2.10.